The molecule has 0 amide bonds. The van der Waals surface area contributed by atoms with Crippen molar-refractivity contribution in [2.45, 2.75) is 115 Å². The fraction of sp³-hybridized carbons (Fsp3) is 0.826. The average molecular weight is 471 g/mol. The quantitative estimate of drug-likeness (QED) is 0.326. The molecule has 8 nitrogen and oxygen atoms in total. The molecule has 0 bridgehead atoms. The van der Waals surface area contributed by atoms with Gasteiger partial charge in [0, 0.05) is 19.3 Å². The van der Waals surface area contributed by atoms with E-state index in [2.05, 4.69) is 33.9 Å². The third kappa shape index (κ3) is 3.48. The van der Waals surface area contributed by atoms with E-state index in [1.54, 1.807) is 6.92 Å². The number of carbonyl (C=O) groups excluding carboxylic acids is 2. The second kappa shape index (κ2) is 7.37. The van der Waals surface area contributed by atoms with E-state index in [1.807, 2.05) is 6.92 Å². The Balaban J connectivity index is 2.17. The van der Waals surface area contributed by atoms with Gasteiger partial charge in [-0.05, 0) is 56.5 Å². The Labute approximate surface area is 191 Å². The first-order valence-electron chi connectivity index (χ1n) is 11.2. The van der Waals surface area contributed by atoms with Gasteiger partial charge in [-0.15, -0.1) is 0 Å². The smallest absolute Gasteiger partial charge is 0.341 e. The van der Waals surface area contributed by atoms with Crippen molar-refractivity contribution in [1.82, 2.24) is 0 Å². The molecule has 3 aliphatic rings. The van der Waals surface area contributed by atoms with Gasteiger partial charge in [-0.3, -0.25) is 4.79 Å². The number of hydrogen-bond donors (Lipinski definition) is 3. The summed E-state index contributed by atoms with van der Waals surface area (Å²) in [5.41, 5.74) is -4.46. The number of hydrogen-bond acceptors (Lipinski definition) is 8. The molecule has 3 rings (SSSR count). The Kier molecular flexibility index (Phi) is 5.84. The van der Waals surface area contributed by atoms with Crippen molar-refractivity contribution in [2.75, 3.05) is 0 Å². The van der Waals surface area contributed by atoms with Crippen LogP contribution in [0, 0.1) is 5.92 Å². The molecule has 32 heavy (non-hydrogen) atoms. The van der Waals surface area contributed by atoms with Gasteiger partial charge >= 0.3 is 11.9 Å². The van der Waals surface area contributed by atoms with Crippen molar-refractivity contribution in [3.05, 3.63) is 11.1 Å². The summed E-state index contributed by atoms with van der Waals surface area (Å²) < 4.78 is 17.9. The van der Waals surface area contributed by atoms with Crippen LogP contribution >= 0.6 is 0 Å². The summed E-state index contributed by atoms with van der Waals surface area (Å²) in [6.07, 6.45) is -2.87. The maximum Gasteiger partial charge on any atom is 0.341 e. The molecule has 0 spiro atoms. The molecule has 2 fully saturated rings. The zero-order valence-electron chi connectivity index (χ0n) is 20.6. The molecule has 7 atom stereocenters. The van der Waals surface area contributed by atoms with Crippen LogP contribution in [-0.2, 0) is 23.5 Å². The van der Waals surface area contributed by atoms with Crippen LogP contribution in [0.2, 0.25) is 18.1 Å². The van der Waals surface area contributed by atoms with Crippen LogP contribution in [0.4, 0.5) is 0 Å². The number of aliphatic hydroxyl groups is 3. The van der Waals surface area contributed by atoms with Crippen LogP contribution in [0.5, 0.6) is 0 Å². The Morgan fingerprint density at radius 1 is 1.22 bits per heavy atom. The highest BCUT2D eigenvalue weighted by Gasteiger charge is 2.73. The minimum atomic E-state index is -2.32. The SMILES string of the molecule is CC(=O)O[C@@]1(C)C[C@H](O)[C@@]2(O)[C@@H](OC(=O)[C@@]2(C)O)C2=C(C)[C@H](O[Si](C)(C)C(C)(C)C)C[C@@H]21. The van der Waals surface area contributed by atoms with Crippen LogP contribution in [0.3, 0.4) is 0 Å². The lowest BCUT2D eigenvalue weighted by atomic mass is 9.75. The van der Waals surface area contributed by atoms with Crippen LogP contribution in [0.15, 0.2) is 11.1 Å². The molecule has 182 valence electrons. The van der Waals surface area contributed by atoms with E-state index < -0.39 is 55.2 Å². The molecule has 0 unspecified atom stereocenters. The van der Waals surface area contributed by atoms with Crippen molar-refractivity contribution in [2.24, 2.45) is 5.92 Å². The number of fused-ring (bicyclic) bond motifs is 3. The van der Waals surface area contributed by atoms with E-state index in [0.29, 0.717) is 12.0 Å². The van der Waals surface area contributed by atoms with Crippen molar-refractivity contribution in [3.63, 3.8) is 0 Å². The fourth-order valence-electron chi connectivity index (χ4n) is 5.27. The van der Waals surface area contributed by atoms with Gasteiger partial charge in [0.05, 0.1) is 12.2 Å². The summed E-state index contributed by atoms with van der Waals surface area (Å²) in [6, 6.07) is 0. The van der Waals surface area contributed by atoms with Gasteiger partial charge in [-0.2, -0.15) is 0 Å². The molecule has 0 aromatic heterocycles. The van der Waals surface area contributed by atoms with Crippen molar-refractivity contribution < 1.29 is 38.8 Å². The molecule has 2 aliphatic carbocycles. The minimum Gasteiger partial charge on any atom is -0.459 e. The first-order valence-corrected chi connectivity index (χ1v) is 14.1. The zero-order chi connectivity index (χ0) is 24.7. The lowest BCUT2D eigenvalue weighted by Crippen LogP contribution is -2.63. The summed E-state index contributed by atoms with van der Waals surface area (Å²) in [6.45, 7) is 16.7. The number of ether oxygens (including phenoxy) is 2. The van der Waals surface area contributed by atoms with Crippen molar-refractivity contribution in [1.29, 1.82) is 0 Å². The van der Waals surface area contributed by atoms with Crippen molar-refractivity contribution in [3.8, 4) is 0 Å². The highest BCUT2D eigenvalue weighted by atomic mass is 28.4. The van der Waals surface area contributed by atoms with Gasteiger partial charge in [0.1, 0.15) is 5.60 Å². The van der Waals surface area contributed by atoms with E-state index >= 15 is 0 Å². The van der Waals surface area contributed by atoms with Crippen LogP contribution in [0.25, 0.3) is 0 Å². The van der Waals surface area contributed by atoms with E-state index in [0.717, 1.165) is 12.5 Å². The Hall–Kier alpha value is -1.26. The molecule has 0 radical (unpaired) electrons. The second-order valence-electron chi connectivity index (χ2n) is 11.6. The van der Waals surface area contributed by atoms with Crippen LogP contribution in [0.1, 0.15) is 61.3 Å². The van der Waals surface area contributed by atoms with Crippen LogP contribution < -0.4 is 0 Å². The summed E-state index contributed by atoms with van der Waals surface area (Å²) in [7, 11) is -2.19. The van der Waals surface area contributed by atoms with Crippen LogP contribution in [-0.4, -0.2) is 70.7 Å². The van der Waals surface area contributed by atoms with Gasteiger partial charge in [0.15, 0.2) is 25.6 Å². The van der Waals surface area contributed by atoms with Gasteiger partial charge in [-0.25, -0.2) is 4.79 Å². The predicted molar refractivity (Wildman–Crippen MR) is 119 cm³/mol. The molecule has 0 aromatic rings. The van der Waals surface area contributed by atoms with Gasteiger partial charge in [0.25, 0.3) is 0 Å². The topological polar surface area (TPSA) is 123 Å². The summed E-state index contributed by atoms with van der Waals surface area (Å²) in [5, 5.41) is 33.5. The van der Waals surface area contributed by atoms with Gasteiger partial charge in [0.2, 0.25) is 0 Å². The van der Waals surface area contributed by atoms with Gasteiger partial charge < -0.3 is 29.2 Å². The maximum atomic E-state index is 12.5. The maximum absolute atomic E-state index is 12.5. The van der Waals surface area contributed by atoms with E-state index in [1.165, 1.54) is 6.92 Å². The predicted octanol–water partition coefficient (Wildman–Crippen LogP) is 2.21. The normalized spacial score (nSPS) is 42.3. The number of carbonyl (C=O) groups is 2. The standard InChI is InChI=1S/C23H38O8Si/c1-12-15(31-32(8,9)20(3,4)5)10-14-17(12)18-23(28,22(7,27)19(26)29-18)16(25)11-21(14,6)30-13(2)24/h14-16,18,25,27-28H,10-11H2,1-9H3/t14-,15+,16-,18-,21-,22+,23+/m0/s1. The van der Waals surface area contributed by atoms with E-state index in [9.17, 15) is 24.9 Å². The Morgan fingerprint density at radius 3 is 2.28 bits per heavy atom. The first-order chi connectivity index (χ1) is 14.3. The Bertz CT molecular complexity index is 857. The number of rotatable bonds is 3. The highest BCUT2D eigenvalue weighted by Crippen LogP contribution is 2.56. The average Bonchev–Trinajstić information content (AvgIpc) is 2.98. The van der Waals surface area contributed by atoms with E-state index in [4.69, 9.17) is 13.9 Å². The summed E-state index contributed by atoms with van der Waals surface area (Å²) in [5.74, 6) is -1.97. The monoisotopic (exact) mass is 470 g/mol. The van der Waals surface area contributed by atoms with Crippen molar-refractivity contribution >= 4 is 20.3 Å². The molecule has 1 heterocycles. The first kappa shape index (κ1) is 25.4. The molecule has 3 N–H and O–H groups in total. The molecule has 1 saturated heterocycles. The molecule has 1 saturated carbocycles. The molecular weight excluding hydrogens is 432 g/mol. The largest absolute Gasteiger partial charge is 0.459 e. The fourth-order valence-corrected chi connectivity index (χ4v) is 6.61. The minimum absolute atomic E-state index is 0.0395. The highest BCUT2D eigenvalue weighted by molar-refractivity contribution is 6.74. The third-order valence-corrected chi connectivity index (χ3v) is 12.8. The van der Waals surface area contributed by atoms with E-state index in [-0.39, 0.29) is 17.6 Å². The zero-order valence-corrected chi connectivity index (χ0v) is 21.6. The Morgan fingerprint density at radius 2 is 1.78 bits per heavy atom. The summed E-state index contributed by atoms with van der Waals surface area (Å²) >= 11 is 0. The lowest BCUT2D eigenvalue weighted by molar-refractivity contribution is -0.195. The second-order valence-corrected chi connectivity index (χ2v) is 16.4. The summed E-state index contributed by atoms with van der Waals surface area (Å²) in [4.78, 5) is 24.5. The molecule has 1 aliphatic heterocycles. The third-order valence-electron chi connectivity index (χ3n) is 8.31. The van der Waals surface area contributed by atoms with Gasteiger partial charge in [-0.1, -0.05) is 20.8 Å². The molecule has 0 aromatic carbocycles. The lowest BCUT2D eigenvalue weighted by Gasteiger charge is -2.41. The number of aliphatic hydroxyl groups excluding tert-OH is 1. The number of esters is 2. The molecular formula is C23H38O8Si. The molecule has 9 heteroatoms.